The molecule has 0 aliphatic carbocycles. The fourth-order valence-corrected chi connectivity index (χ4v) is 2.10. The van der Waals surface area contributed by atoms with Crippen LogP contribution in [0.2, 0.25) is 0 Å². The lowest BCUT2D eigenvalue weighted by Gasteiger charge is -2.00. The SMILES string of the molecule is [2H]C([2H])(O)C([2H])([2H])NC(=O)CCC/C=C\C/C=C\C/C=C\C/C=C\CCCCC. The Morgan fingerprint density at radius 3 is 1.92 bits per heavy atom. The molecule has 3 nitrogen and oxygen atoms in total. The molecule has 0 aliphatic rings. The molecule has 0 radical (unpaired) electrons. The molecule has 0 rings (SSSR count). The Morgan fingerprint density at radius 1 is 0.880 bits per heavy atom. The number of carbonyl (C=O) groups excluding carboxylic acids is 1. The van der Waals surface area contributed by atoms with Crippen LogP contribution in [0.25, 0.3) is 0 Å². The number of nitrogens with one attached hydrogen (secondary N) is 1. The van der Waals surface area contributed by atoms with Gasteiger partial charge in [0.2, 0.25) is 5.91 Å². The van der Waals surface area contributed by atoms with Crippen LogP contribution in [-0.2, 0) is 4.79 Å². The number of carbonyl (C=O) groups is 1. The molecule has 2 N–H and O–H groups in total. The van der Waals surface area contributed by atoms with Gasteiger partial charge in [0, 0.05) is 12.9 Å². The first kappa shape index (κ1) is 16.8. The van der Waals surface area contributed by atoms with Gasteiger partial charge in [0.25, 0.3) is 0 Å². The van der Waals surface area contributed by atoms with Crippen molar-refractivity contribution in [2.75, 3.05) is 13.1 Å². The first-order chi connectivity index (χ1) is 13.7. The minimum Gasteiger partial charge on any atom is -0.395 e. The first-order valence-electron chi connectivity index (χ1n) is 11.3. The molecule has 1 amide bonds. The van der Waals surface area contributed by atoms with Crippen LogP contribution in [-0.4, -0.2) is 24.1 Å². The molecule has 142 valence electrons. The summed E-state index contributed by atoms with van der Waals surface area (Å²) in [7, 11) is 0. The molecule has 0 fully saturated rings. The number of unbranched alkanes of at least 4 members (excludes halogenated alkanes) is 4. The third-order valence-electron chi connectivity index (χ3n) is 3.49. The van der Waals surface area contributed by atoms with Crippen LogP contribution in [0, 0.1) is 0 Å². The van der Waals surface area contributed by atoms with E-state index in [2.05, 4.69) is 43.4 Å². The highest BCUT2D eigenvalue weighted by atomic mass is 16.3. The van der Waals surface area contributed by atoms with Gasteiger partial charge < -0.3 is 10.4 Å². The van der Waals surface area contributed by atoms with E-state index in [1.807, 2.05) is 17.5 Å². The van der Waals surface area contributed by atoms with Gasteiger partial charge in [-0.05, 0) is 44.9 Å². The number of amides is 1. The van der Waals surface area contributed by atoms with Crippen LogP contribution < -0.4 is 5.32 Å². The van der Waals surface area contributed by atoms with Crippen molar-refractivity contribution in [2.45, 2.75) is 71.1 Å². The maximum Gasteiger partial charge on any atom is 0.220 e. The largest absolute Gasteiger partial charge is 0.395 e. The molecule has 0 heterocycles. The smallest absolute Gasteiger partial charge is 0.220 e. The van der Waals surface area contributed by atoms with E-state index in [0.29, 0.717) is 12.8 Å². The van der Waals surface area contributed by atoms with Crippen LogP contribution in [0.4, 0.5) is 0 Å². The molecule has 0 bridgehead atoms. The predicted molar refractivity (Wildman–Crippen MR) is 108 cm³/mol. The monoisotopic (exact) mass is 351 g/mol. The van der Waals surface area contributed by atoms with Crippen LogP contribution >= 0.6 is 0 Å². The Labute approximate surface area is 160 Å². The van der Waals surface area contributed by atoms with Gasteiger partial charge in [-0.1, -0.05) is 68.4 Å². The second-order valence-electron chi connectivity index (χ2n) is 5.77. The van der Waals surface area contributed by atoms with Crippen LogP contribution in [0.1, 0.15) is 76.6 Å². The van der Waals surface area contributed by atoms with E-state index >= 15 is 0 Å². The van der Waals surface area contributed by atoms with Gasteiger partial charge in [0.05, 0.1) is 12.0 Å². The summed E-state index contributed by atoms with van der Waals surface area (Å²) in [6.45, 7) is -3.70. The molecule has 3 heteroatoms. The highest BCUT2D eigenvalue weighted by molar-refractivity contribution is 5.75. The van der Waals surface area contributed by atoms with Crippen LogP contribution in [0.15, 0.2) is 48.6 Å². The summed E-state index contributed by atoms with van der Waals surface area (Å²) in [5.74, 6) is -0.621. The molecular formula is C22H37NO2. The molecule has 0 atom stereocenters. The zero-order valence-corrected chi connectivity index (χ0v) is 15.5. The van der Waals surface area contributed by atoms with Gasteiger partial charge in [0.15, 0.2) is 0 Å². The van der Waals surface area contributed by atoms with Crippen molar-refractivity contribution in [3.63, 3.8) is 0 Å². The van der Waals surface area contributed by atoms with Crippen molar-refractivity contribution in [3.05, 3.63) is 48.6 Å². The molecule has 0 saturated carbocycles. The molecule has 0 aromatic carbocycles. The number of hydrogen-bond acceptors (Lipinski definition) is 2. The van der Waals surface area contributed by atoms with Gasteiger partial charge in [-0.15, -0.1) is 0 Å². The summed E-state index contributed by atoms with van der Waals surface area (Å²) in [5, 5.41) is 10.9. The molecular weight excluding hydrogens is 310 g/mol. The molecule has 0 unspecified atom stereocenters. The minimum absolute atomic E-state index is 0.0770. The molecule has 25 heavy (non-hydrogen) atoms. The van der Waals surface area contributed by atoms with E-state index in [1.54, 1.807) is 0 Å². The van der Waals surface area contributed by atoms with E-state index in [0.717, 1.165) is 19.3 Å². The predicted octanol–water partition coefficient (Wildman–Crippen LogP) is 5.24. The Balaban J connectivity index is 3.71. The minimum atomic E-state index is -3.12. The first-order valence-corrected chi connectivity index (χ1v) is 9.34. The second-order valence-corrected chi connectivity index (χ2v) is 5.77. The molecule has 0 aliphatic heterocycles. The maximum absolute atomic E-state index is 11.6. The van der Waals surface area contributed by atoms with Gasteiger partial charge in [-0.3, -0.25) is 4.79 Å². The lowest BCUT2D eigenvalue weighted by atomic mass is 10.2. The lowest BCUT2D eigenvalue weighted by Crippen LogP contribution is -2.25. The summed E-state index contributed by atoms with van der Waals surface area (Å²) < 4.78 is 28.5. The van der Waals surface area contributed by atoms with Gasteiger partial charge in [0.1, 0.15) is 0 Å². The summed E-state index contributed by atoms with van der Waals surface area (Å²) in [6.07, 6.45) is 26.0. The molecule has 0 saturated heterocycles. The van der Waals surface area contributed by atoms with E-state index < -0.39 is 19.0 Å². The van der Waals surface area contributed by atoms with Crippen molar-refractivity contribution in [1.29, 1.82) is 0 Å². The number of rotatable bonds is 16. The zero-order valence-electron chi connectivity index (χ0n) is 19.5. The lowest BCUT2D eigenvalue weighted by molar-refractivity contribution is -0.121. The van der Waals surface area contributed by atoms with E-state index in [4.69, 9.17) is 10.6 Å². The average Bonchev–Trinajstić information content (AvgIpc) is 2.63. The van der Waals surface area contributed by atoms with Crippen molar-refractivity contribution in [2.24, 2.45) is 0 Å². The highest BCUT2D eigenvalue weighted by Gasteiger charge is 1.97. The van der Waals surface area contributed by atoms with Gasteiger partial charge >= 0.3 is 0 Å². The number of allylic oxidation sites excluding steroid dienone is 8. The highest BCUT2D eigenvalue weighted by Crippen LogP contribution is 2.01. The Morgan fingerprint density at radius 2 is 1.40 bits per heavy atom. The average molecular weight is 352 g/mol. The summed E-state index contributed by atoms with van der Waals surface area (Å²) in [5.41, 5.74) is 0. The Kier molecular flexibility index (Phi) is 13.8. The quantitative estimate of drug-likeness (QED) is 0.295. The summed E-state index contributed by atoms with van der Waals surface area (Å²) >= 11 is 0. The van der Waals surface area contributed by atoms with Gasteiger partial charge in [-0.25, -0.2) is 0 Å². The van der Waals surface area contributed by atoms with Gasteiger partial charge in [-0.2, -0.15) is 0 Å². The van der Waals surface area contributed by atoms with E-state index in [9.17, 15) is 4.79 Å². The van der Waals surface area contributed by atoms with Crippen LogP contribution in [0.5, 0.6) is 0 Å². The van der Waals surface area contributed by atoms with Crippen molar-refractivity contribution in [3.8, 4) is 0 Å². The van der Waals surface area contributed by atoms with E-state index in [1.165, 1.54) is 25.7 Å². The molecule has 0 aromatic rings. The fraction of sp³-hybridized carbons (Fsp3) is 0.591. The van der Waals surface area contributed by atoms with Crippen LogP contribution in [0.3, 0.4) is 0 Å². The Bertz CT molecular complexity index is 550. The number of aliphatic hydroxyl groups is 1. The topological polar surface area (TPSA) is 49.3 Å². The molecule has 0 spiro atoms. The van der Waals surface area contributed by atoms with E-state index in [-0.39, 0.29) is 6.42 Å². The van der Waals surface area contributed by atoms with Crippen molar-refractivity contribution in [1.82, 2.24) is 5.32 Å². The van der Waals surface area contributed by atoms with Crippen molar-refractivity contribution >= 4 is 5.91 Å². The summed E-state index contributed by atoms with van der Waals surface area (Å²) in [4.78, 5) is 11.6. The third kappa shape index (κ3) is 20.3. The zero-order chi connectivity index (χ0) is 22.0. The normalized spacial score (nSPS) is 15.8. The van der Waals surface area contributed by atoms with Crippen molar-refractivity contribution < 1.29 is 15.4 Å². The second kappa shape index (κ2) is 20.4. The fourth-order valence-electron chi connectivity index (χ4n) is 2.10. The standard InChI is InChI=1S/C22H37NO2/c1-2-3-4-5-6-7-8-9-10-11-12-13-14-15-16-17-18-19-22(25)23-20-21-24/h6-7,9-10,12-13,15-16,24H,2-5,8,11,14,17-21H2,1H3,(H,23,25)/b7-6-,10-9-,13-12-,16-15-/i20D2,21D2. The third-order valence-corrected chi connectivity index (χ3v) is 3.49. The maximum atomic E-state index is 11.6. The Hall–Kier alpha value is -1.61. The summed E-state index contributed by atoms with van der Waals surface area (Å²) in [6, 6.07) is 0. The molecule has 0 aromatic heterocycles. The number of hydrogen-bond donors (Lipinski definition) is 2.